The predicted octanol–water partition coefficient (Wildman–Crippen LogP) is 3.75. The van der Waals surface area contributed by atoms with Gasteiger partial charge in [-0.3, -0.25) is 38.0 Å². The smallest absolute Gasteiger partial charge is 0.492 e. The first-order valence-corrected chi connectivity index (χ1v) is 17.9. The second kappa shape index (κ2) is 15.2. The van der Waals surface area contributed by atoms with E-state index in [0.29, 0.717) is 20.0 Å². The fourth-order valence-electron chi connectivity index (χ4n) is 4.19. The Bertz CT molecular complexity index is 1800. The van der Waals surface area contributed by atoms with Crippen LogP contribution in [0.4, 0.5) is 5.69 Å². The molecule has 0 bridgehead atoms. The maximum absolute atomic E-state index is 12.7. The molecule has 1 aliphatic rings. The highest BCUT2D eigenvalue weighted by Gasteiger charge is 2.44. The summed E-state index contributed by atoms with van der Waals surface area (Å²) in [5.74, 6) is -0.268. The molecule has 3 rings (SSSR count). The molecule has 0 saturated heterocycles. The van der Waals surface area contributed by atoms with Crippen LogP contribution in [0.1, 0.15) is 44.2 Å². The Hall–Kier alpha value is -3.03. The third kappa shape index (κ3) is 10.0. The van der Waals surface area contributed by atoms with Gasteiger partial charge in [-0.05, 0) is 17.5 Å². The molecule has 2 heterocycles. The van der Waals surface area contributed by atoms with Crippen molar-refractivity contribution in [3.8, 4) is 5.75 Å². The van der Waals surface area contributed by atoms with Gasteiger partial charge in [-0.25, -0.2) is 18.5 Å². The summed E-state index contributed by atoms with van der Waals surface area (Å²) in [6, 6.07) is 4.13. The van der Waals surface area contributed by atoms with E-state index in [2.05, 4.69) is 27.2 Å². The van der Waals surface area contributed by atoms with Crippen molar-refractivity contribution >= 4 is 29.2 Å². The number of aliphatic hydroxyl groups excluding tert-OH is 1. The summed E-state index contributed by atoms with van der Waals surface area (Å²) in [6.07, 6.45) is -1.82. The third-order valence-corrected chi connectivity index (χ3v) is 11.1. The fourth-order valence-corrected chi connectivity index (χ4v) is 7.91. The van der Waals surface area contributed by atoms with Gasteiger partial charge >= 0.3 is 29.2 Å². The quantitative estimate of drug-likeness (QED) is 0.108. The van der Waals surface area contributed by atoms with E-state index in [1.54, 1.807) is 20.8 Å². The summed E-state index contributed by atoms with van der Waals surface area (Å²) >= 11 is 0. The van der Waals surface area contributed by atoms with Crippen LogP contribution >= 0.6 is 23.5 Å². The Morgan fingerprint density at radius 2 is 1.73 bits per heavy atom. The number of aliphatic hydroxyl groups is 1. The molecular weight excluding hydrogens is 711 g/mol. The Kier molecular flexibility index (Phi) is 12.5. The lowest BCUT2D eigenvalue weighted by Crippen LogP contribution is -2.35. The van der Waals surface area contributed by atoms with E-state index in [0.717, 1.165) is 16.8 Å². The molecule has 0 spiro atoms. The number of phosphoric acid groups is 3. The number of hydrogen-bond donors (Lipinski definition) is 4. The monoisotopic (exact) mass is 745 g/mol. The largest absolute Gasteiger partial charge is 0.510 e. The minimum Gasteiger partial charge on any atom is -0.510 e. The Balaban J connectivity index is 1.79. The molecule has 0 aliphatic carbocycles. The van der Waals surface area contributed by atoms with Gasteiger partial charge in [0, 0.05) is 32.6 Å². The highest BCUT2D eigenvalue weighted by atomic mass is 31.3. The molecule has 268 valence electrons. The van der Waals surface area contributed by atoms with E-state index in [-0.39, 0.29) is 16.8 Å². The first-order chi connectivity index (χ1) is 22.1. The number of nitro groups is 1. The highest BCUT2D eigenvalue weighted by molar-refractivity contribution is 7.67. The number of ether oxygens (including phenoxy) is 3. The lowest BCUT2D eigenvalue weighted by Gasteiger charge is -2.31. The van der Waals surface area contributed by atoms with Crippen LogP contribution in [0.25, 0.3) is 0 Å². The number of hydrogen-bond acceptors (Lipinski definition) is 16. The molecular formula is C24H34N3O18P3. The zero-order valence-corrected chi connectivity index (χ0v) is 28.9. The Labute approximate surface area is 271 Å². The second-order valence-electron chi connectivity index (χ2n) is 10.9. The molecule has 0 fully saturated rings. The number of nitrogens with zero attached hydrogens (tertiary/aromatic N) is 2. The van der Waals surface area contributed by atoms with Crippen LogP contribution in [0.15, 0.2) is 45.8 Å². The molecule has 0 saturated carbocycles. The van der Waals surface area contributed by atoms with Gasteiger partial charge in [0.15, 0.2) is 6.23 Å². The van der Waals surface area contributed by atoms with E-state index in [1.807, 2.05) is 0 Å². The van der Waals surface area contributed by atoms with Crippen molar-refractivity contribution in [3.63, 3.8) is 0 Å². The van der Waals surface area contributed by atoms with Crippen molar-refractivity contribution < 1.29 is 69.9 Å². The molecule has 48 heavy (non-hydrogen) atoms. The van der Waals surface area contributed by atoms with Gasteiger partial charge in [-0.2, -0.15) is 8.62 Å². The number of aromatic amines is 1. The van der Waals surface area contributed by atoms with Crippen molar-refractivity contribution in [1.82, 2.24) is 9.55 Å². The third-order valence-electron chi connectivity index (χ3n) is 6.42. The molecule has 3 unspecified atom stereocenters. The Morgan fingerprint density at radius 1 is 1.08 bits per heavy atom. The number of aromatic nitrogens is 2. The van der Waals surface area contributed by atoms with Gasteiger partial charge < -0.3 is 29.1 Å². The first kappa shape index (κ1) is 39.4. The highest BCUT2D eigenvalue weighted by Crippen LogP contribution is 2.69. The molecule has 24 heteroatoms. The van der Waals surface area contributed by atoms with Crippen molar-refractivity contribution in [3.05, 3.63) is 78.3 Å². The number of nitro benzene ring substituents is 1. The van der Waals surface area contributed by atoms with Crippen molar-refractivity contribution in [1.29, 1.82) is 0 Å². The SMILES string of the molecule is COc1ccc([N+](=O)[O-])c([C@@H](OCc2cn([C@H]3C=C(O)[C@@H](COP(=O)(O)OP(=O)(OC)OP(=O)(O)OC)O3)c(=O)[nH]c2=O)C(C)(C)C)c1. The normalized spacial score (nSPS) is 21.0. The average molecular weight is 745 g/mol. The summed E-state index contributed by atoms with van der Waals surface area (Å²) in [7, 11) is -12.8. The van der Waals surface area contributed by atoms with Crippen LogP contribution in [0.2, 0.25) is 0 Å². The minimum atomic E-state index is -5.40. The molecule has 1 aliphatic heterocycles. The van der Waals surface area contributed by atoms with E-state index < -0.39 is 82.5 Å². The maximum Gasteiger partial charge on any atom is 0.492 e. The fraction of sp³-hybridized carbons (Fsp3) is 0.500. The number of benzene rings is 1. The van der Waals surface area contributed by atoms with Gasteiger partial charge in [-0.1, -0.05) is 20.8 Å². The standard InChI is InChI=1S/C24H34N3O18P3/c1-24(2,3)21(16-9-15(38-4)7-8-17(16)27(31)32)41-12-14-11-26(23(30)25-22(14)29)20-10-18(28)19(43-20)13-42-47(35,36)45-48(37,40-6)44-46(33,34)39-5/h7-11,19-21,28H,12-13H2,1-6H3,(H,33,34)(H,35,36)(H,25,29,30)/t19-,20-,21-,48?/m1/s1. The summed E-state index contributed by atoms with van der Waals surface area (Å²) < 4.78 is 75.4. The van der Waals surface area contributed by atoms with Crippen LogP contribution in [-0.4, -0.2) is 63.4 Å². The van der Waals surface area contributed by atoms with Crippen LogP contribution < -0.4 is 16.0 Å². The topological polar surface area (TPSA) is 284 Å². The number of nitrogens with one attached hydrogen (secondary N) is 1. The molecule has 1 aromatic heterocycles. The van der Waals surface area contributed by atoms with Crippen LogP contribution in [0.3, 0.4) is 0 Å². The molecule has 0 radical (unpaired) electrons. The molecule has 2 aromatic rings. The summed E-state index contributed by atoms with van der Waals surface area (Å²) in [5, 5.41) is 22.2. The van der Waals surface area contributed by atoms with E-state index >= 15 is 0 Å². The van der Waals surface area contributed by atoms with E-state index in [9.17, 15) is 48.3 Å². The number of phosphoric ester groups is 2. The Morgan fingerprint density at radius 3 is 2.29 bits per heavy atom. The van der Waals surface area contributed by atoms with Crippen molar-refractivity contribution in [2.45, 2.75) is 45.8 Å². The minimum absolute atomic E-state index is 0.119. The zero-order valence-electron chi connectivity index (χ0n) is 26.2. The van der Waals surface area contributed by atoms with Gasteiger partial charge in [0.1, 0.15) is 17.6 Å². The van der Waals surface area contributed by atoms with Gasteiger partial charge in [0.25, 0.3) is 11.2 Å². The molecule has 0 amide bonds. The second-order valence-corrected chi connectivity index (χ2v) is 15.9. The first-order valence-electron chi connectivity index (χ1n) is 13.4. The van der Waals surface area contributed by atoms with E-state index in [4.69, 9.17) is 14.2 Å². The lowest BCUT2D eigenvalue weighted by atomic mass is 9.83. The predicted molar refractivity (Wildman–Crippen MR) is 162 cm³/mol. The van der Waals surface area contributed by atoms with Crippen LogP contribution in [0.5, 0.6) is 5.75 Å². The van der Waals surface area contributed by atoms with Gasteiger partial charge in [0.05, 0.1) is 42.5 Å². The molecule has 1 aromatic carbocycles. The summed E-state index contributed by atoms with van der Waals surface area (Å²) in [4.78, 5) is 58.0. The van der Waals surface area contributed by atoms with Gasteiger partial charge in [-0.15, -0.1) is 0 Å². The molecule has 4 N–H and O–H groups in total. The number of H-pyrrole nitrogens is 1. The molecule has 21 nitrogen and oxygen atoms in total. The molecule has 6 atom stereocenters. The van der Waals surface area contributed by atoms with Crippen molar-refractivity contribution in [2.24, 2.45) is 5.41 Å². The van der Waals surface area contributed by atoms with E-state index in [1.165, 1.54) is 25.3 Å². The summed E-state index contributed by atoms with van der Waals surface area (Å²) in [6.45, 7) is 3.87. The number of rotatable bonds is 16. The number of methoxy groups -OCH3 is 1. The lowest BCUT2D eigenvalue weighted by molar-refractivity contribution is -0.386. The maximum atomic E-state index is 12.7. The summed E-state index contributed by atoms with van der Waals surface area (Å²) in [5.41, 5.74) is -2.77. The van der Waals surface area contributed by atoms with Crippen molar-refractivity contribution in [2.75, 3.05) is 27.9 Å². The van der Waals surface area contributed by atoms with Gasteiger partial charge in [0.2, 0.25) is 0 Å². The zero-order chi connectivity index (χ0) is 36.2. The van der Waals surface area contributed by atoms with Crippen LogP contribution in [-0.2, 0) is 52.0 Å². The average Bonchev–Trinajstić information content (AvgIpc) is 3.35. The van der Waals surface area contributed by atoms with Crippen LogP contribution in [0, 0.1) is 15.5 Å².